The van der Waals surface area contributed by atoms with Gasteiger partial charge in [-0.1, -0.05) is 59.3 Å². The number of aromatic nitrogens is 1. The number of hydrogen-bond donors (Lipinski definition) is 2. The van der Waals surface area contributed by atoms with E-state index in [0.717, 1.165) is 15.1 Å². The number of aliphatic carboxylic acids is 1. The predicted molar refractivity (Wildman–Crippen MR) is 135 cm³/mol. The second-order valence-electron chi connectivity index (χ2n) is 8.30. The van der Waals surface area contributed by atoms with Gasteiger partial charge in [0.15, 0.2) is 22.0 Å². The van der Waals surface area contributed by atoms with Crippen LogP contribution in [-0.2, 0) is 21.5 Å². The summed E-state index contributed by atoms with van der Waals surface area (Å²) >= 11 is 8.82. The number of thiazole rings is 1. The molecule has 4 aromatic rings. The van der Waals surface area contributed by atoms with Crippen LogP contribution in [0.4, 0.5) is 5.69 Å². The van der Waals surface area contributed by atoms with Crippen LogP contribution in [0.3, 0.4) is 0 Å². The van der Waals surface area contributed by atoms with Crippen molar-refractivity contribution in [2.75, 3.05) is 6.54 Å². The number of carbonyl (C=O) groups is 1. The molecule has 1 fully saturated rings. The molecule has 2 aromatic heterocycles. The Hall–Kier alpha value is -2.80. The molecule has 0 saturated carbocycles. The number of fused-ring (bicyclic) bond motifs is 3. The molecule has 0 aliphatic carbocycles. The molecule has 8 nitrogen and oxygen atoms in total. The van der Waals surface area contributed by atoms with Gasteiger partial charge in [0.25, 0.3) is 10.4 Å². The lowest BCUT2D eigenvalue weighted by atomic mass is 10.0. The molecule has 1 saturated heterocycles. The van der Waals surface area contributed by atoms with Gasteiger partial charge in [0, 0.05) is 12.1 Å². The van der Waals surface area contributed by atoms with Crippen LogP contribution in [0.5, 0.6) is 5.75 Å². The van der Waals surface area contributed by atoms with Crippen LogP contribution in [0.2, 0.25) is 4.34 Å². The first-order valence-electron chi connectivity index (χ1n) is 10.4. The summed E-state index contributed by atoms with van der Waals surface area (Å²) in [5.74, 6) is -0.216. The Kier molecular flexibility index (Phi) is 5.08. The van der Waals surface area contributed by atoms with E-state index in [2.05, 4.69) is 0 Å². The first-order valence-corrected chi connectivity index (χ1v) is 14.0. The molecule has 4 heterocycles. The van der Waals surface area contributed by atoms with E-state index in [-0.39, 0.29) is 17.6 Å². The van der Waals surface area contributed by atoms with E-state index in [1.54, 1.807) is 22.8 Å². The fourth-order valence-electron chi connectivity index (χ4n) is 4.57. The quantitative estimate of drug-likeness (QED) is 0.164. The number of nitrogens with zero attached hydrogens (tertiary/aromatic N) is 2. The van der Waals surface area contributed by atoms with Crippen molar-refractivity contribution in [1.82, 2.24) is 4.48 Å². The van der Waals surface area contributed by atoms with E-state index in [1.165, 1.54) is 22.7 Å². The predicted octanol–water partition coefficient (Wildman–Crippen LogP) is 4.58. The molecule has 35 heavy (non-hydrogen) atoms. The van der Waals surface area contributed by atoms with Crippen molar-refractivity contribution in [3.63, 3.8) is 0 Å². The molecule has 2 aliphatic heterocycles. The molecule has 0 radical (unpaired) electrons. The van der Waals surface area contributed by atoms with Crippen molar-refractivity contribution < 1.29 is 32.2 Å². The number of carboxylic acids is 1. The minimum Gasteiger partial charge on any atom is -0.477 e. The lowest BCUT2D eigenvalue weighted by Crippen LogP contribution is -2.39. The second kappa shape index (κ2) is 7.85. The Labute approximate surface area is 212 Å². The van der Waals surface area contributed by atoms with Crippen molar-refractivity contribution >= 4 is 71.7 Å². The van der Waals surface area contributed by atoms with Crippen molar-refractivity contribution in [1.29, 1.82) is 0 Å². The summed E-state index contributed by atoms with van der Waals surface area (Å²) < 4.78 is 43.4. The van der Waals surface area contributed by atoms with Crippen LogP contribution in [0.25, 0.3) is 26.7 Å². The molecular weight excluding hydrogens is 532 g/mol. The Bertz CT molecular complexity index is 1660. The molecule has 1 spiro atoms. The smallest absolute Gasteiger partial charge is 0.370 e. The van der Waals surface area contributed by atoms with E-state index in [9.17, 15) is 22.9 Å². The maximum absolute atomic E-state index is 12.2. The number of thiophene rings is 1. The van der Waals surface area contributed by atoms with Crippen LogP contribution in [0.15, 0.2) is 60.5 Å². The van der Waals surface area contributed by atoms with Gasteiger partial charge in [0.05, 0.1) is 0 Å². The van der Waals surface area contributed by atoms with Crippen LogP contribution < -0.4 is 13.8 Å². The summed E-state index contributed by atoms with van der Waals surface area (Å²) in [4.78, 5) is 11.6. The van der Waals surface area contributed by atoms with E-state index in [4.69, 9.17) is 16.3 Å². The van der Waals surface area contributed by atoms with Gasteiger partial charge in [-0.25, -0.2) is 4.79 Å². The summed E-state index contributed by atoms with van der Waals surface area (Å²) in [5, 5.41) is 8.94. The number of halogens is 1. The SMILES string of the molecule is O=C(O)C[n+]1c(C=C2Oc3ccc(-c4ccccc4)cc3[N+]23CC3S(=O)(=O)O)sc2sc(Cl)cc21. The number of hydrogen-bond acceptors (Lipinski definition) is 6. The molecular formula is C23H17ClN2O6S3+2. The normalized spacial score (nSPS) is 22.0. The number of ether oxygens (including phenoxy) is 1. The highest BCUT2D eigenvalue weighted by Crippen LogP contribution is 2.56. The van der Waals surface area contributed by atoms with Crippen molar-refractivity contribution in [2.45, 2.75) is 11.9 Å². The van der Waals surface area contributed by atoms with Gasteiger partial charge >= 0.3 is 22.0 Å². The van der Waals surface area contributed by atoms with Gasteiger partial charge in [-0.2, -0.15) is 17.5 Å². The van der Waals surface area contributed by atoms with Crippen LogP contribution >= 0.6 is 34.3 Å². The summed E-state index contributed by atoms with van der Waals surface area (Å²) in [6, 6.07) is 16.9. The highest BCUT2D eigenvalue weighted by atomic mass is 35.5. The average molecular weight is 549 g/mol. The number of carboxylic acid groups (broad SMARTS) is 1. The highest BCUT2D eigenvalue weighted by molar-refractivity contribution is 7.86. The number of quaternary nitrogens is 1. The third kappa shape index (κ3) is 3.66. The lowest BCUT2D eigenvalue weighted by Gasteiger charge is -2.11. The molecule has 6 rings (SSSR count). The lowest BCUT2D eigenvalue weighted by molar-refractivity contribution is -0.657. The third-order valence-corrected chi connectivity index (χ3v) is 9.88. The van der Waals surface area contributed by atoms with E-state index in [1.807, 2.05) is 42.5 Å². The molecule has 2 unspecified atom stereocenters. The summed E-state index contributed by atoms with van der Waals surface area (Å²) in [7, 11) is -4.38. The molecule has 2 N–H and O–H groups in total. The van der Waals surface area contributed by atoms with E-state index >= 15 is 0 Å². The summed E-state index contributed by atoms with van der Waals surface area (Å²) in [5.41, 5.74) is 3.17. The minimum atomic E-state index is -4.38. The highest BCUT2D eigenvalue weighted by Gasteiger charge is 2.72. The van der Waals surface area contributed by atoms with Crippen molar-refractivity contribution in [2.24, 2.45) is 0 Å². The van der Waals surface area contributed by atoms with Gasteiger partial charge < -0.3 is 9.84 Å². The Morgan fingerprint density at radius 3 is 2.63 bits per heavy atom. The topological polar surface area (TPSA) is 105 Å². The largest absolute Gasteiger partial charge is 0.477 e. The zero-order valence-corrected chi connectivity index (χ0v) is 21.0. The number of rotatable bonds is 5. The Balaban J connectivity index is 1.51. The molecule has 0 amide bonds. The summed E-state index contributed by atoms with van der Waals surface area (Å²) in [6.45, 7) is -0.181. The Morgan fingerprint density at radius 2 is 1.94 bits per heavy atom. The van der Waals surface area contributed by atoms with Gasteiger partial charge in [-0.05, 0) is 17.2 Å². The zero-order valence-electron chi connectivity index (χ0n) is 17.8. The molecule has 178 valence electrons. The van der Waals surface area contributed by atoms with Crippen molar-refractivity contribution in [3.05, 3.63) is 69.8 Å². The molecule has 0 bridgehead atoms. The molecule has 12 heteroatoms. The monoisotopic (exact) mass is 548 g/mol. The fourth-order valence-corrected chi connectivity index (χ4v) is 8.35. The van der Waals surface area contributed by atoms with Crippen LogP contribution in [-0.4, -0.2) is 36.0 Å². The Morgan fingerprint density at radius 1 is 1.17 bits per heavy atom. The van der Waals surface area contributed by atoms with Crippen LogP contribution in [0, 0.1) is 0 Å². The maximum atomic E-state index is 12.2. The van der Waals surface area contributed by atoms with Gasteiger partial charge in [-0.15, -0.1) is 11.3 Å². The van der Waals surface area contributed by atoms with Crippen molar-refractivity contribution in [3.8, 4) is 16.9 Å². The first kappa shape index (κ1) is 22.7. The zero-order chi connectivity index (χ0) is 24.5. The molecule has 2 atom stereocenters. The average Bonchev–Trinajstić information content (AvgIpc) is 3.26. The standard InChI is InChI=1S/C23H15ClN2O6S3/c24-18-9-15-23(33-18)34-19(25(15)11-22(27)28)10-20-26(12-21(26)35(29,30)31)16-8-14(6-7-17(16)32-20)13-4-2-1-3-5-13/h1-10,21H,11-12H2/p+2. The van der Waals surface area contributed by atoms with Gasteiger partial charge in [0.2, 0.25) is 12.1 Å². The van der Waals surface area contributed by atoms with Crippen LogP contribution in [0.1, 0.15) is 5.01 Å². The fraction of sp³-hybridized carbons (Fsp3) is 0.130. The van der Waals surface area contributed by atoms with E-state index < -0.39 is 21.5 Å². The maximum Gasteiger partial charge on any atom is 0.370 e. The summed E-state index contributed by atoms with van der Waals surface area (Å²) in [6.07, 6.45) is 1.67. The second-order valence-corrected chi connectivity index (χ2v) is 12.8. The van der Waals surface area contributed by atoms with Gasteiger partial charge in [0.1, 0.15) is 10.4 Å². The van der Waals surface area contributed by atoms with E-state index in [0.29, 0.717) is 32.2 Å². The molecule has 2 aliphatic rings. The minimum absolute atomic E-state index is 0.112. The first-order chi connectivity index (χ1) is 16.7. The van der Waals surface area contributed by atoms with Gasteiger partial charge in [-0.3, -0.25) is 4.55 Å². The molecule has 2 aromatic carbocycles. The number of benzene rings is 2. The third-order valence-electron chi connectivity index (χ3n) is 6.19.